The SMILES string of the molecule is CCN(CC)CCCNc1cc(OC)nc(C(C)(C)C)n1. The molecule has 0 saturated heterocycles. The van der Waals surface area contributed by atoms with E-state index in [4.69, 9.17) is 4.74 Å². The van der Waals surface area contributed by atoms with Gasteiger partial charge in [-0.25, -0.2) is 4.98 Å². The minimum absolute atomic E-state index is 0.0911. The Kier molecular flexibility index (Phi) is 6.89. The van der Waals surface area contributed by atoms with Crippen molar-refractivity contribution < 1.29 is 4.74 Å². The number of nitrogens with zero attached hydrogens (tertiary/aromatic N) is 3. The zero-order chi connectivity index (χ0) is 15.9. The van der Waals surface area contributed by atoms with Crippen LogP contribution in [0.2, 0.25) is 0 Å². The van der Waals surface area contributed by atoms with Gasteiger partial charge in [0.25, 0.3) is 0 Å². The van der Waals surface area contributed by atoms with Gasteiger partial charge in [-0.05, 0) is 26.1 Å². The van der Waals surface area contributed by atoms with Crippen molar-refractivity contribution in [3.63, 3.8) is 0 Å². The van der Waals surface area contributed by atoms with Crippen molar-refractivity contribution in [2.75, 3.05) is 38.6 Å². The largest absolute Gasteiger partial charge is 0.481 e. The maximum atomic E-state index is 5.27. The summed E-state index contributed by atoms with van der Waals surface area (Å²) in [6, 6.07) is 1.85. The molecular weight excluding hydrogens is 264 g/mol. The molecule has 1 N–H and O–H groups in total. The molecule has 1 aromatic rings. The molecule has 0 bridgehead atoms. The molecule has 1 aromatic heterocycles. The number of hydrogen-bond donors (Lipinski definition) is 1. The Morgan fingerprint density at radius 2 is 1.86 bits per heavy atom. The quantitative estimate of drug-likeness (QED) is 0.747. The van der Waals surface area contributed by atoms with Crippen LogP contribution in [-0.2, 0) is 5.41 Å². The van der Waals surface area contributed by atoms with E-state index in [1.807, 2.05) is 6.07 Å². The molecule has 0 amide bonds. The highest BCUT2D eigenvalue weighted by molar-refractivity contribution is 5.39. The number of nitrogens with one attached hydrogen (secondary N) is 1. The van der Waals surface area contributed by atoms with Crippen molar-refractivity contribution in [2.45, 2.75) is 46.5 Å². The van der Waals surface area contributed by atoms with Gasteiger partial charge < -0.3 is 15.0 Å². The second-order valence-corrected chi connectivity index (χ2v) is 6.18. The Morgan fingerprint density at radius 1 is 1.19 bits per heavy atom. The Balaban J connectivity index is 2.62. The lowest BCUT2D eigenvalue weighted by Crippen LogP contribution is -2.25. The van der Waals surface area contributed by atoms with Gasteiger partial charge in [0.2, 0.25) is 5.88 Å². The highest BCUT2D eigenvalue weighted by atomic mass is 16.5. The van der Waals surface area contributed by atoms with Crippen LogP contribution < -0.4 is 10.1 Å². The molecule has 5 nitrogen and oxygen atoms in total. The van der Waals surface area contributed by atoms with Crippen molar-refractivity contribution >= 4 is 5.82 Å². The van der Waals surface area contributed by atoms with Crippen LogP contribution >= 0.6 is 0 Å². The molecule has 1 heterocycles. The van der Waals surface area contributed by atoms with Gasteiger partial charge in [-0.2, -0.15) is 4.98 Å². The van der Waals surface area contributed by atoms with E-state index >= 15 is 0 Å². The van der Waals surface area contributed by atoms with Crippen LogP contribution in [0, 0.1) is 0 Å². The maximum absolute atomic E-state index is 5.27. The van der Waals surface area contributed by atoms with Crippen molar-refractivity contribution in [2.24, 2.45) is 0 Å². The predicted octanol–water partition coefficient (Wildman–Crippen LogP) is 2.93. The Labute approximate surface area is 129 Å². The highest BCUT2D eigenvalue weighted by Gasteiger charge is 2.19. The number of aromatic nitrogens is 2. The molecular formula is C16H30N4O. The molecule has 21 heavy (non-hydrogen) atoms. The van der Waals surface area contributed by atoms with Gasteiger partial charge in [0, 0.05) is 18.0 Å². The minimum atomic E-state index is -0.0911. The van der Waals surface area contributed by atoms with Gasteiger partial charge in [0.15, 0.2) is 0 Å². The van der Waals surface area contributed by atoms with Gasteiger partial charge in [-0.3, -0.25) is 0 Å². The summed E-state index contributed by atoms with van der Waals surface area (Å²) >= 11 is 0. The number of methoxy groups -OCH3 is 1. The van der Waals surface area contributed by atoms with E-state index < -0.39 is 0 Å². The molecule has 0 unspecified atom stereocenters. The average molecular weight is 294 g/mol. The average Bonchev–Trinajstić information content (AvgIpc) is 2.46. The third-order valence-electron chi connectivity index (χ3n) is 3.43. The second kappa shape index (κ2) is 8.17. The number of ether oxygens (including phenoxy) is 1. The summed E-state index contributed by atoms with van der Waals surface area (Å²) in [7, 11) is 1.64. The molecule has 5 heteroatoms. The molecule has 120 valence electrons. The monoisotopic (exact) mass is 294 g/mol. The van der Waals surface area contributed by atoms with Crippen LogP contribution in [0.4, 0.5) is 5.82 Å². The fourth-order valence-electron chi connectivity index (χ4n) is 2.01. The molecule has 0 atom stereocenters. The van der Waals surface area contributed by atoms with Crippen molar-refractivity contribution in [1.82, 2.24) is 14.9 Å². The Morgan fingerprint density at radius 3 is 2.38 bits per heavy atom. The lowest BCUT2D eigenvalue weighted by molar-refractivity contribution is 0.303. The molecule has 0 saturated carbocycles. The first kappa shape index (κ1) is 17.7. The van der Waals surface area contributed by atoms with E-state index in [9.17, 15) is 0 Å². The first-order valence-electron chi connectivity index (χ1n) is 7.80. The number of hydrogen-bond acceptors (Lipinski definition) is 5. The molecule has 1 rings (SSSR count). The fourth-order valence-corrected chi connectivity index (χ4v) is 2.01. The fraction of sp³-hybridized carbons (Fsp3) is 0.750. The van der Waals surface area contributed by atoms with E-state index in [0.29, 0.717) is 5.88 Å². The molecule has 0 aliphatic carbocycles. The predicted molar refractivity (Wildman–Crippen MR) is 88.2 cm³/mol. The van der Waals surface area contributed by atoms with Crippen molar-refractivity contribution in [1.29, 1.82) is 0 Å². The van der Waals surface area contributed by atoms with Crippen LogP contribution in [-0.4, -0.2) is 48.2 Å². The van der Waals surface area contributed by atoms with Gasteiger partial charge in [-0.15, -0.1) is 0 Å². The third kappa shape index (κ3) is 5.87. The van der Waals surface area contributed by atoms with E-state index in [1.54, 1.807) is 7.11 Å². The van der Waals surface area contributed by atoms with Crippen LogP contribution in [0.1, 0.15) is 46.9 Å². The van der Waals surface area contributed by atoms with Gasteiger partial charge in [0.1, 0.15) is 11.6 Å². The smallest absolute Gasteiger partial charge is 0.218 e. The molecule has 0 radical (unpaired) electrons. The van der Waals surface area contributed by atoms with Gasteiger partial charge >= 0.3 is 0 Å². The summed E-state index contributed by atoms with van der Waals surface area (Å²) in [6.07, 6.45) is 1.10. The highest BCUT2D eigenvalue weighted by Crippen LogP contribution is 2.23. The summed E-state index contributed by atoms with van der Waals surface area (Å²) in [5, 5.41) is 3.38. The molecule has 0 aliphatic rings. The van der Waals surface area contributed by atoms with Crippen molar-refractivity contribution in [3.05, 3.63) is 11.9 Å². The topological polar surface area (TPSA) is 50.3 Å². The maximum Gasteiger partial charge on any atom is 0.218 e. The standard InChI is InChI=1S/C16H30N4O/c1-7-20(8-2)11-9-10-17-13-12-14(21-6)19-15(18-13)16(3,4)5/h12H,7-11H2,1-6H3,(H,17,18,19). The second-order valence-electron chi connectivity index (χ2n) is 6.18. The minimum Gasteiger partial charge on any atom is -0.481 e. The van der Waals surface area contributed by atoms with Crippen LogP contribution in [0.5, 0.6) is 5.88 Å². The summed E-state index contributed by atoms with van der Waals surface area (Å²) < 4.78 is 5.27. The lowest BCUT2D eigenvalue weighted by atomic mass is 9.96. The van der Waals surface area contributed by atoms with E-state index in [2.05, 4.69) is 54.8 Å². The summed E-state index contributed by atoms with van der Waals surface area (Å²) in [4.78, 5) is 11.4. The van der Waals surface area contributed by atoms with Crippen LogP contribution in [0.3, 0.4) is 0 Å². The zero-order valence-corrected chi connectivity index (χ0v) is 14.4. The molecule has 0 fully saturated rings. The Bertz CT molecular complexity index is 425. The number of rotatable bonds is 8. The molecule has 0 aliphatic heterocycles. The summed E-state index contributed by atoms with van der Waals surface area (Å²) in [6.45, 7) is 14.9. The summed E-state index contributed by atoms with van der Waals surface area (Å²) in [5.41, 5.74) is -0.0911. The zero-order valence-electron chi connectivity index (χ0n) is 14.4. The number of anilines is 1. The van der Waals surface area contributed by atoms with E-state index in [1.165, 1.54) is 0 Å². The van der Waals surface area contributed by atoms with Crippen LogP contribution in [0.25, 0.3) is 0 Å². The van der Waals surface area contributed by atoms with Gasteiger partial charge in [0.05, 0.1) is 7.11 Å². The van der Waals surface area contributed by atoms with E-state index in [-0.39, 0.29) is 5.41 Å². The van der Waals surface area contributed by atoms with Crippen molar-refractivity contribution in [3.8, 4) is 5.88 Å². The Hall–Kier alpha value is -1.36. The first-order valence-corrected chi connectivity index (χ1v) is 7.80. The lowest BCUT2D eigenvalue weighted by Gasteiger charge is -2.19. The first-order chi connectivity index (χ1) is 9.90. The van der Waals surface area contributed by atoms with Gasteiger partial charge in [-0.1, -0.05) is 34.6 Å². The summed E-state index contributed by atoms with van der Waals surface area (Å²) in [5.74, 6) is 2.25. The van der Waals surface area contributed by atoms with E-state index in [0.717, 1.165) is 44.2 Å². The third-order valence-corrected chi connectivity index (χ3v) is 3.43. The normalized spacial score (nSPS) is 11.8. The molecule has 0 aromatic carbocycles. The van der Waals surface area contributed by atoms with Crippen LogP contribution in [0.15, 0.2) is 6.07 Å². The molecule has 0 spiro atoms.